The highest BCUT2D eigenvalue weighted by Crippen LogP contribution is 2.25. The lowest BCUT2D eigenvalue weighted by Crippen LogP contribution is -2.47. The van der Waals surface area contributed by atoms with Crippen LogP contribution in [0.25, 0.3) is 0 Å². The minimum atomic E-state index is -0.859. The minimum Gasteiger partial charge on any atom is -0.489 e. The number of nitrogens with two attached hydrogens (primary N) is 1. The van der Waals surface area contributed by atoms with Crippen LogP contribution in [0, 0.1) is 0 Å². The fourth-order valence-corrected chi connectivity index (χ4v) is 4.00. The molecule has 4 aromatic carbocycles. The number of ether oxygens (including phenoxy) is 1. The third-order valence-electron chi connectivity index (χ3n) is 5.77. The van der Waals surface area contributed by atoms with Crippen molar-refractivity contribution in [1.82, 2.24) is 5.32 Å². The van der Waals surface area contributed by atoms with Gasteiger partial charge in [-0.15, -0.1) is 0 Å². The Bertz CT molecular complexity index is 1200. The molecule has 3 N–H and O–H groups in total. The van der Waals surface area contributed by atoms with Crippen LogP contribution in [0.2, 0.25) is 0 Å². The summed E-state index contributed by atoms with van der Waals surface area (Å²) in [4.78, 5) is 25.7. The van der Waals surface area contributed by atoms with Gasteiger partial charge in [0.2, 0.25) is 11.8 Å². The highest BCUT2D eigenvalue weighted by Gasteiger charge is 2.27. The van der Waals surface area contributed by atoms with Crippen molar-refractivity contribution in [3.05, 3.63) is 138 Å². The summed E-state index contributed by atoms with van der Waals surface area (Å²) < 4.78 is 5.91. The molecule has 0 aliphatic carbocycles. The summed E-state index contributed by atoms with van der Waals surface area (Å²) in [7, 11) is 0. The van der Waals surface area contributed by atoms with Gasteiger partial charge in [0.25, 0.3) is 0 Å². The van der Waals surface area contributed by atoms with Crippen molar-refractivity contribution in [3.63, 3.8) is 0 Å². The Morgan fingerprint density at radius 1 is 0.714 bits per heavy atom. The number of nitrogens with one attached hydrogen (secondary N) is 1. The van der Waals surface area contributed by atoms with Crippen molar-refractivity contribution in [2.24, 2.45) is 5.73 Å². The van der Waals surface area contributed by atoms with Gasteiger partial charge < -0.3 is 15.8 Å². The predicted octanol–water partition coefficient (Wildman–Crippen LogP) is 4.61. The average Bonchev–Trinajstić information content (AvgIpc) is 2.89. The molecule has 176 valence electrons. The van der Waals surface area contributed by atoms with Gasteiger partial charge in [-0.05, 0) is 34.4 Å². The first-order valence-electron chi connectivity index (χ1n) is 11.6. The van der Waals surface area contributed by atoms with Gasteiger partial charge in [0, 0.05) is 6.42 Å². The molecule has 0 aliphatic rings. The molecule has 0 radical (unpaired) electrons. The normalized spacial score (nSPS) is 11.6. The van der Waals surface area contributed by atoms with E-state index in [0.717, 1.165) is 22.3 Å². The zero-order valence-corrected chi connectivity index (χ0v) is 19.3. The molecule has 0 unspecified atom stereocenters. The molecule has 0 spiro atoms. The van der Waals surface area contributed by atoms with E-state index in [1.807, 2.05) is 115 Å². The Morgan fingerprint density at radius 2 is 1.26 bits per heavy atom. The summed E-state index contributed by atoms with van der Waals surface area (Å²) in [5.41, 5.74) is 9.29. The fraction of sp³-hybridized carbons (Fsp3) is 0.133. The second-order valence-corrected chi connectivity index (χ2v) is 8.34. The summed E-state index contributed by atoms with van der Waals surface area (Å²) in [6.07, 6.45) is 0.264. The van der Waals surface area contributed by atoms with Crippen LogP contribution in [0.5, 0.6) is 5.75 Å². The number of amides is 2. The van der Waals surface area contributed by atoms with E-state index in [1.165, 1.54) is 0 Å². The largest absolute Gasteiger partial charge is 0.489 e. The molecule has 0 bridgehead atoms. The van der Waals surface area contributed by atoms with Gasteiger partial charge in [0.15, 0.2) is 0 Å². The molecule has 2 amide bonds. The third kappa shape index (κ3) is 6.58. The Labute approximate surface area is 205 Å². The maximum Gasteiger partial charge on any atom is 0.240 e. The lowest BCUT2D eigenvalue weighted by Gasteiger charge is -2.22. The molecule has 5 nitrogen and oxygen atoms in total. The lowest BCUT2D eigenvalue weighted by molar-refractivity contribution is -0.127. The first-order valence-corrected chi connectivity index (χ1v) is 11.6. The summed E-state index contributed by atoms with van der Waals surface area (Å²) in [6.45, 7) is 0.441. The maximum absolute atomic E-state index is 13.4. The van der Waals surface area contributed by atoms with E-state index < -0.39 is 17.9 Å². The number of benzene rings is 4. The van der Waals surface area contributed by atoms with E-state index in [4.69, 9.17) is 10.5 Å². The van der Waals surface area contributed by atoms with Crippen molar-refractivity contribution >= 4 is 11.8 Å². The molecule has 0 fully saturated rings. The number of carbonyl (C=O) groups is 2. The summed E-state index contributed by atoms with van der Waals surface area (Å²) in [5, 5.41) is 2.89. The molecule has 35 heavy (non-hydrogen) atoms. The summed E-state index contributed by atoms with van der Waals surface area (Å²) in [5.74, 6) is -0.733. The third-order valence-corrected chi connectivity index (χ3v) is 5.77. The quantitative estimate of drug-likeness (QED) is 0.360. The van der Waals surface area contributed by atoms with Crippen LogP contribution in [-0.4, -0.2) is 17.9 Å². The van der Waals surface area contributed by atoms with Crippen molar-refractivity contribution < 1.29 is 14.3 Å². The Balaban J connectivity index is 1.49. The Kier molecular flexibility index (Phi) is 7.92. The van der Waals surface area contributed by atoms with Crippen LogP contribution < -0.4 is 15.8 Å². The minimum absolute atomic E-state index is 0.264. The van der Waals surface area contributed by atoms with E-state index in [2.05, 4.69) is 5.32 Å². The van der Waals surface area contributed by atoms with Crippen LogP contribution in [0.15, 0.2) is 115 Å². The molecular formula is C30H28N2O3. The zero-order valence-electron chi connectivity index (χ0n) is 19.3. The SMILES string of the molecule is NC(=O)[C@@H](Cc1cccc(OCc2ccccc2)c1)NC(=O)C(c1ccccc1)c1ccccc1. The molecule has 0 saturated heterocycles. The Morgan fingerprint density at radius 3 is 1.83 bits per heavy atom. The number of hydrogen-bond acceptors (Lipinski definition) is 3. The maximum atomic E-state index is 13.4. The second-order valence-electron chi connectivity index (χ2n) is 8.34. The van der Waals surface area contributed by atoms with Crippen LogP contribution in [0.1, 0.15) is 28.2 Å². The standard InChI is InChI=1S/C30H28N2O3/c31-29(33)27(20-23-13-10-18-26(19-23)35-21-22-11-4-1-5-12-22)32-30(34)28(24-14-6-2-7-15-24)25-16-8-3-9-17-25/h1-19,27-28H,20-21H2,(H2,31,33)(H,32,34)/t27-/m1/s1. The molecule has 0 aromatic heterocycles. The first kappa shape index (κ1) is 23.8. The topological polar surface area (TPSA) is 81.4 Å². The predicted molar refractivity (Wildman–Crippen MR) is 137 cm³/mol. The molecule has 4 aromatic rings. The van der Waals surface area contributed by atoms with Gasteiger partial charge in [0.05, 0.1) is 5.92 Å². The summed E-state index contributed by atoms with van der Waals surface area (Å²) >= 11 is 0. The monoisotopic (exact) mass is 464 g/mol. The van der Waals surface area contributed by atoms with Crippen LogP contribution in [-0.2, 0) is 22.6 Å². The molecular weight excluding hydrogens is 436 g/mol. The van der Waals surface area contributed by atoms with E-state index in [9.17, 15) is 9.59 Å². The number of carbonyl (C=O) groups excluding carboxylic acids is 2. The molecule has 4 rings (SSSR count). The molecule has 0 heterocycles. The summed E-state index contributed by atoms with van der Waals surface area (Å²) in [6, 6.07) is 35.5. The second kappa shape index (κ2) is 11.7. The number of hydrogen-bond donors (Lipinski definition) is 2. The van der Waals surface area contributed by atoms with E-state index in [0.29, 0.717) is 12.4 Å². The van der Waals surface area contributed by atoms with Gasteiger partial charge in [0.1, 0.15) is 18.4 Å². The average molecular weight is 465 g/mol. The first-order chi connectivity index (χ1) is 17.1. The highest BCUT2D eigenvalue weighted by atomic mass is 16.5. The van der Waals surface area contributed by atoms with Gasteiger partial charge in [-0.3, -0.25) is 9.59 Å². The molecule has 0 aliphatic heterocycles. The number of rotatable bonds is 10. The lowest BCUT2D eigenvalue weighted by atomic mass is 9.90. The highest BCUT2D eigenvalue weighted by molar-refractivity contribution is 5.92. The van der Waals surface area contributed by atoms with Crippen LogP contribution in [0.4, 0.5) is 0 Å². The smallest absolute Gasteiger partial charge is 0.240 e. The van der Waals surface area contributed by atoms with Gasteiger partial charge in [-0.25, -0.2) is 0 Å². The fourth-order valence-electron chi connectivity index (χ4n) is 4.00. The molecule has 5 heteroatoms. The van der Waals surface area contributed by atoms with Crippen molar-refractivity contribution in [3.8, 4) is 5.75 Å². The van der Waals surface area contributed by atoms with Crippen LogP contribution in [0.3, 0.4) is 0 Å². The van der Waals surface area contributed by atoms with E-state index in [1.54, 1.807) is 0 Å². The van der Waals surface area contributed by atoms with Gasteiger partial charge in [-0.2, -0.15) is 0 Å². The van der Waals surface area contributed by atoms with Crippen molar-refractivity contribution in [2.45, 2.75) is 25.0 Å². The number of primary amides is 1. The van der Waals surface area contributed by atoms with Gasteiger partial charge >= 0.3 is 0 Å². The van der Waals surface area contributed by atoms with Crippen molar-refractivity contribution in [1.29, 1.82) is 0 Å². The Hall–Kier alpha value is -4.38. The van der Waals surface area contributed by atoms with Gasteiger partial charge in [-0.1, -0.05) is 103 Å². The van der Waals surface area contributed by atoms with Crippen molar-refractivity contribution in [2.75, 3.05) is 0 Å². The molecule has 0 saturated carbocycles. The van der Waals surface area contributed by atoms with Crippen LogP contribution >= 0.6 is 0 Å². The molecule has 1 atom stereocenters. The van der Waals surface area contributed by atoms with E-state index in [-0.39, 0.29) is 12.3 Å². The zero-order chi connectivity index (χ0) is 24.5. The van der Waals surface area contributed by atoms with E-state index >= 15 is 0 Å².